The molecule has 0 spiro atoms. The molecule has 49 heavy (non-hydrogen) atoms. The third-order valence-corrected chi connectivity index (χ3v) is 8.36. The zero-order chi connectivity index (χ0) is 36.9. The number of carbonyl (C=O) groups is 4. The average Bonchev–Trinajstić information content (AvgIpc) is 3.32. The van der Waals surface area contributed by atoms with Gasteiger partial charge in [-0.2, -0.15) is 0 Å². The lowest BCUT2D eigenvalue weighted by atomic mass is 9.97. The van der Waals surface area contributed by atoms with Crippen LogP contribution in [0.2, 0.25) is 0 Å². The van der Waals surface area contributed by atoms with Gasteiger partial charge in [-0.05, 0) is 6.42 Å². The van der Waals surface area contributed by atoms with Crippen molar-refractivity contribution in [3.05, 3.63) is 0 Å². The van der Waals surface area contributed by atoms with Gasteiger partial charge in [-0.15, -0.1) is 0 Å². The fourth-order valence-electron chi connectivity index (χ4n) is 5.29. The van der Waals surface area contributed by atoms with Gasteiger partial charge < -0.3 is 53.6 Å². The molecule has 0 amide bonds. The quantitative estimate of drug-likeness (QED) is 0.0809. The Bertz CT molecular complexity index is 1050. The summed E-state index contributed by atoms with van der Waals surface area (Å²) in [7, 11) is 0. The highest BCUT2D eigenvalue weighted by Crippen LogP contribution is 2.39. The van der Waals surface area contributed by atoms with Crippen molar-refractivity contribution in [2.45, 2.75) is 155 Å². The second kappa shape index (κ2) is 20.4. The highest BCUT2D eigenvalue weighted by molar-refractivity contribution is 5.73. The van der Waals surface area contributed by atoms with Crippen LogP contribution in [-0.2, 0) is 52.3 Å². The van der Waals surface area contributed by atoms with Crippen molar-refractivity contribution in [2.24, 2.45) is 17.8 Å². The fraction of sp³-hybridized carbons (Fsp3) is 0.882. The van der Waals surface area contributed by atoms with Crippen LogP contribution in [0.25, 0.3) is 0 Å². The van der Waals surface area contributed by atoms with E-state index >= 15 is 0 Å². The molecule has 2 saturated heterocycles. The largest absolute Gasteiger partial charge is 0.463 e. The standard InChI is InChI=1S/C34H58O15/c1-8-9-10-11-12-13-14-15-24(37)45-28-27(46-31(41)20(4)5)25(38)23(17-43-30(40)19(2)3)44-33(28)49-34(18-36)29(47-32(42)21(6)7)26(39)22(16-35)48-34/h19-23,25-29,33,35-36,38-39H,8-18H2,1-7H3/t22-,23-,25+,26+,27+,28-,29+,33+,34+/m0/s1. The molecule has 0 saturated carbocycles. The van der Waals surface area contributed by atoms with Gasteiger partial charge >= 0.3 is 23.9 Å². The van der Waals surface area contributed by atoms with E-state index in [1.807, 2.05) is 0 Å². The molecule has 0 radical (unpaired) electrons. The van der Waals surface area contributed by atoms with Gasteiger partial charge in [-0.1, -0.05) is 87.0 Å². The number of aliphatic hydroxyl groups is 4. The molecule has 0 unspecified atom stereocenters. The lowest BCUT2D eigenvalue weighted by molar-refractivity contribution is -0.384. The van der Waals surface area contributed by atoms with Crippen molar-refractivity contribution in [3.8, 4) is 0 Å². The molecule has 0 aromatic carbocycles. The van der Waals surface area contributed by atoms with Crippen LogP contribution in [0.3, 0.4) is 0 Å². The van der Waals surface area contributed by atoms with Gasteiger partial charge in [0.1, 0.15) is 37.6 Å². The molecule has 0 bridgehead atoms. The number of esters is 4. The first-order valence-corrected chi connectivity index (χ1v) is 17.5. The molecule has 2 aliphatic heterocycles. The maximum Gasteiger partial charge on any atom is 0.308 e. The zero-order valence-corrected chi connectivity index (χ0v) is 29.9. The first-order valence-electron chi connectivity index (χ1n) is 17.5. The van der Waals surface area contributed by atoms with Crippen LogP contribution in [0.4, 0.5) is 0 Å². The van der Waals surface area contributed by atoms with E-state index in [-0.39, 0.29) is 6.42 Å². The lowest BCUT2D eigenvalue weighted by Crippen LogP contribution is -2.65. The minimum Gasteiger partial charge on any atom is -0.463 e. The van der Waals surface area contributed by atoms with Crippen LogP contribution in [0, 0.1) is 17.8 Å². The molecule has 2 heterocycles. The second-order valence-corrected chi connectivity index (χ2v) is 13.6. The van der Waals surface area contributed by atoms with Crippen LogP contribution in [-0.4, -0.2) is 119 Å². The van der Waals surface area contributed by atoms with Crippen molar-refractivity contribution in [1.29, 1.82) is 0 Å². The first-order chi connectivity index (χ1) is 23.1. The maximum atomic E-state index is 13.2. The molecule has 284 valence electrons. The molecule has 0 aromatic heterocycles. The molecular weight excluding hydrogens is 648 g/mol. The van der Waals surface area contributed by atoms with E-state index in [1.165, 1.54) is 0 Å². The molecule has 15 nitrogen and oxygen atoms in total. The maximum absolute atomic E-state index is 13.2. The van der Waals surface area contributed by atoms with E-state index in [1.54, 1.807) is 41.5 Å². The van der Waals surface area contributed by atoms with Crippen molar-refractivity contribution in [1.82, 2.24) is 0 Å². The van der Waals surface area contributed by atoms with Crippen LogP contribution >= 0.6 is 0 Å². The minimum absolute atomic E-state index is 0.0189. The molecule has 4 N–H and O–H groups in total. The predicted molar refractivity (Wildman–Crippen MR) is 171 cm³/mol. The molecular formula is C34H58O15. The Morgan fingerprint density at radius 1 is 0.714 bits per heavy atom. The Morgan fingerprint density at radius 2 is 1.29 bits per heavy atom. The molecule has 2 aliphatic rings. The Labute approximate surface area is 288 Å². The van der Waals surface area contributed by atoms with Gasteiger partial charge in [0.2, 0.25) is 12.1 Å². The van der Waals surface area contributed by atoms with Crippen molar-refractivity contribution >= 4 is 23.9 Å². The number of aliphatic hydroxyl groups excluding tert-OH is 4. The molecule has 2 fully saturated rings. The van der Waals surface area contributed by atoms with E-state index in [4.69, 9.17) is 33.2 Å². The zero-order valence-electron chi connectivity index (χ0n) is 29.9. The number of hydrogen-bond donors (Lipinski definition) is 4. The van der Waals surface area contributed by atoms with Crippen molar-refractivity contribution in [2.75, 3.05) is 19.8 Å². The third-order valence-electron chi connectivity index (χ3n) is 8.36. The first kappa shape index (κ1) is 42.8. The summed E-state index contributed by atoms with van der Waals surface area (Å²) in [5, 5.41) is 42.9. The van der Waals surface area contributed by atoms with Crippen LogP contribution in [0.5, 0.6) is 0 Å². The van der Waals surface area contributed by atoms with E-state index < -0.39 is 116 Å². The summed E-state index contributed by atoms with van der Waals surface area (Å²) in [4.78, 5) is 51.1. The van der Waals surface area contributed by atoms with Crippen molar-refractivity contribution in [3.63, 3.8) is 0 Å². The summed E-state index contributed by atoms with van der Waals surface area (Å²) in [5.74, 6) is -7.14. The highest BCUT2D eigenvalue weighted by Gasteiger charge is 2.62. The summed E-state index contributed by atoms with van der Waals surface area (Å²) in [6.07, 6.45) is -6.45. The number of ether oxygens (including phenoxy) is 7. The van der Waals surface area contributed by atoms with Crippen LogP contribution in [0.15, 0.2) is 0 Å². The van der Waals surface area contributed by atoms with E-state index in [9.17, 15) is 39.6 Å². The Balaban J connectivity index is 2.49. The predicted octanol–water partition coefficient (Wildman–Crippen LogP) is 1.92. The number of hydrogen-bond acceptors (Lipinski definition) is 15. The van der Waals surface area contributed by atoms with Gasteiger partial charge in [0, 0.05) is 6.42 Å². The summed E-state index contributed by atoms with van der Waals surface area (Å²) in [5.41, 5.74) is 0. The van der Waals surface area contributed by atoms with E-state index in [0.717, 1.165) is 38.5 Å². The van der Waals surface area contributed by atoms with Crippen molar-refractivity contribution < 1.29 is 72.8 Å². The molecule has 0 aliphatic carbocycles. The molecule has 9 atom stereocenters. The van der Waals surface area contributed by atoms with Gasteiger partial charge in [0.05, 0.1) is 24.4 Å². The average molecular weight is 707 g/mol. The molecule has 2 rings (SSSR count). The summed E-state index contributed by atoms with van der Waals surface area (Å²) >= 11 is 0. The lowest BCUT2D eigenvalue weighted by Gasteiger charge is -2.46. The van der Waals surface area contributed by atoms with Gasteiger partial charge in [0.25, 0.3) is 0 Å². The third kappa shape index (κ3) is 12.1. The highest BCUT2D eigenvalue weighted by atomic mass is 16.8. The summed E-state index contributed by atoms with van der Waals surface area (Å²) < 4.78 is 40.1. The normalized spacial score (nSPS) is 30.1. The fourth-order valence-corrected chi connectivity index (χ4v) is 5.29. The Kier molecular flexibility index (Phi) is 17.8. The molecule has 0 aromatic rings. The minimum atomic E-state index is -2.39. The monoisotopic (exact) mass is 706 g/mol. The number of unbranched alkanes of at least 4 members (excludes halogenated alkanes) is 6. The van der Waals surface area contributed by atoms with E-state index in [2.05, 4.69) is 6.92 Å². The summed E-state index contributed by atoms with van der Waals surface area (Å²) in [6.45, 7) is 9.18. The van der Waals surface area contributed by atoms with Crippen LogP contribution in [0.1, 0.15) is 99.8 Å². The SMILES string of the molecule is CCCCCCCCCC(=O)O[C@@H]1[C@@H](O[C@@]2(CO)O[C@@H](CO)[C@@H](O)[C@H]2OC(=O)C(C)C)O[C@@H](COC(=O)C(C)C)[C@@H](O)[C@H]1OC(=O)C(C)C. The van der Waals surface area contributed by atoms with Gasteiger partial charge in [-0.25, -0.2) is 0 Å². The van der Waals surface area contributed by atoms with Crippen LogP contribution < -0.4 is 0 Å². The smallest absolute Gasteiger partial charge is 0.308 e. The summed E-state index contributed by atoms with van der Waals surface area (Å²) in [6, 6.07) is 0. The number of rotatable bonds is 20. The molecule has 15 heteroatoms. The van der Waals surface area contributed by atoms with Gasteiger partial charge in [0.15, 0.2) is 18.3 Å². The second-order valence-electron chi connectivity index (χ2n) is 13.6. The Hall–Kier alpha value is -2.40. The van der Waals surface area contributed by atoms with Gasteiger partial charge in [-0.3, -0.25) is 19.2 Å². The number of carbonyl (C=O) groups excluding carboxylic acids is 4. The Morgan fingerprint density at radius 3 is 1.84 bits per heavy atom. The van der Waals surface area contributed by atoms with E-state index in [0.29, 0.717) is 6.42 Å². The topological polar surface area (TPSA) is 214 Å².